The lowest BCUT2D eigenvalue weighted by Crippen LogP contribution is -2.20. The lowest BCUT2D eigenvalue weighted by molar-refractivity contribution is 0.0528. The normalized spacial score (nSPS) is 20.1. The van der Waals surface area contributed by atoms with Gasteiger partial charge in [-0.2, -0.15) is 9.61 Å². The van der Waals surface area contributed by atoms with Crippen molar-refractivity contribution < 1.29 is 14.3 Å². The molecule has 4 aromatic heterocycles. The van der Waals surface area contributed by atoms with Gasteiger partial charge >= 0.3 is 5.97 Å². The van der Waals surface area contributed by atoms with E-state index in [1.807, 2.05) is 43.6 Å². The Labute approximate surface area is 219 Å². The molecule has 9 nitrogen and oxygen atoms in total. The molecule has 7 rings (SSSR count). The smallest absolute Gasteiger partial charge is 0.343 e. The number of aromatic nitrogens is 5. The van der Waals surface area contributed by atoms with Crippen LogP contribution < -0.4 is 4.90 Å². The summed E-state index contributed by atoms with van der Waals surface area (Å²) in [4.78, 5) is 24.7. The first kappa shape index (κ1) is 22.9. The second-order valence-corrected chi connectivity index (χ2v) is 10.0. The highest BCUT2D eigenvalue weighted by atomic mass is 16.5. The molecule has 1 aliphatic heterocycles. The topological polar surface area (TPSA) is 86.8 Å². The van der Waals surface area contributed by atoms with Crippen molar-refractivity contribution in [2.45, 2.75) is 19.5 Å². The van der Waals surface area contributed by atoms with Crippen molar-refractivity contribution in [1.82, 2.24) is 24.1 Å². The molecular formula is C29H28N6O3. The highest BCUT2D eigenvalue weighted by Gasteiger charge is 2.55. The van der Waals surface area contributed by atoms with E-state index >= 15 is 0 Å². The number of carbonyl (C=O) groups is 1. The van der Waals surface area contributed by atoms with Gasteiger partial charge in [-0.25, -0.2) is 14.8 Å². The first-order valence-electron chi connectivity index (χ1n) is 13.0. The van der Waals surface area contributed by atoms with Crippen LogP contribution >= 0.6 is 0 Å². The summed E-state index contributed by atoms with van der Waals surface area (Å²) >= 11 is 0. The number of anilines is 1. The maximum atomic E-state index is 12.8. The summed E-state index contributed by atoms with van der Waals surface area (Å²) in [6.07, 6.45) is 5.55. The van der Waals surface area contributed by atoms with Gasteiger partial charge in [-0.3, -0.25) is 0 Å². The number of benzene rings is 1. The zero-order chi connectivity index (χ0) is 25.8. The maximum absolute atomic E-state index is 12.8. The number of hydrogen-bond acceptors (Lipinski definition) is 7. The average molecular weight is 509 g/mol. The van der Waals surface area contributed by atoms with Gasteiger partial charge in [0, 0.05) is 60.9 Å². The molecule has 0 bridgehead atoms. The summed E-state index contributed by atoms with van der Waals surface area (Å²) in [6.45, 7) is 4.34. The fraction of sp³-hybridized carbons (Fsp3) is 0.310. The third-order valence-electron chi connectivity index (χ3n) is 7.70. The Morgan fingerprint density at radius 3 is 2.74 bits per heavy atom. The molecule has 1 saturated carbocycles. The SMILES string of the molecule is CCOC(=O)c1cnn2c(N(C)Cc3ccccc3)cc(-c3cn([C@H]4[C@@H]5COC[C@@H]54)c4ncccc34)nc12. The molecule has 38 heavy (non-hydrogen) atoms. The molecule has 5 heterocycles. The minimum Gasteiger partial charge on any atom is -0.462 e. The van der Waals surface area contributed by atoms with E-state index in [9.17, 15) is 4.79 Å². The number of nitrogens with zero attached hydrogens (tertiary/aromatic N) is 6. The van der Waals surface area contributed by atoms with E-state index in [4.69, 9.17) is 19.4 Å². The van der Waals surface area contributed by atoms with Crippen LogP contribution in [0.1, 0.15) is 28.9 Å². The number of ether oxygens (including phenoxy) is 2. The van der Waals surface area contributed by atoms with Crippen LogP contribution in [0.4, 0.5) is 5.82 Å². The Kier molecular flexibility index (Phi) is 5.40. The molecule has 3 atom stereocenters. The Morgan fingerprint density at radius 2 is 1.95 bits per heavy atom. The molecular weight excluding hydrogens is 480 g/mol. The number of carbonyl (C=O) groups excluding carboxylic acids is 1. The van der Waals surface area contributed by atoms with Crippen LogP contribution in [0.15, 0.2) is 67.1 Å². The molecule has 2 aliphatic rings. The summed E-state index contributed by atoms with van der Waals surface area (Å²) in [5.41, 5.74) is 4.67. The highest BCUT2D eigenvalue weighted by molar-refractivity contribution is 5.98. The van der Waals surface area contributed by atoms with E-state index in [0.29, 0.717) is 35.6 Å². The van der Waals surface area contributed by atoms with Crippen molar-refractivity contribution in [3.8, 4) is 11.3 Å². The van der Waals surface area contributed by atoms with Gasteiger partial charge in [-0.1, -0.05) is 30.3 Å². The van der Waals surface area contributed by atoms with Crippen LogP contribution in [0, 0.1) is 11.8 Å². The molecule has 0 unspecified atom stereocenters. The second-order valence-electron chi connectivity index (χ2n) is 10.0. The maximum Gasteiger partial charge on any atom is 0.343 e. The molecule has 0 amide bonds. The minimum absolute atomic E-state index is 0.281. The first-order valence-corrected chi connectivity index (χ1v) is 13.0. The van der Waals surface area contributed by atoms with Crippen molar-refractivity contribution in [1.29, 1.82) is 0 Å². The zero-order valence-corrected chi connectivity index (χ0v) is 21.3. The van der Waals surface area contributed by atoms with Crippen LogP contribution in [-0.4, -0.2) is 57.0 Å². The molecule has 0 spiro atoms. The van der Waals surface area contributed by atoms with E-state index in [2.05, 4.69) is 39.0 Å². The number of rotatable bonds is 7. The van der Waals surface area contributed by atoms with Gasteiger partial charge in [0.05, 0.1) is 31.7 Å². The van der Waals surface area contributed by atoms with Crippen molar-refractivity contribution in [2.75, 3.05) is 31.8 Å². The Bertz CT molecular complexity index is 1650. The fourth-order valence-corrected chi connectivity index (χ4v) is 5.78. The predicted octanol–water partition coefficient (Wildman–Crippen LogP) is 4.38. The van der Waals surface area contributed by atoms with Gasteiger partial charge in [0.1, 0.15) is 17.0 Å². The number of esters is 1. The second kappa shape index (κ2) is 8.95. The van der Waals surface area contributed by atoms with Crippen molar-refractivity contribution in [3.05, 3.63) is 78.2 Å². The van der Waals surface area contributed by atoms with Crippen molar-refractivity contribution in [3.63, 3.8) is 0 Å². The summed E-state index contributed by atoms with van der Waals surface area (Å²) in [5.74, 6) is 1.46. The van der Waals surface area contributed by atoms with Crippen molar-refractivity contribution in [2.24, 2.45) is 11.8 Å². The zero-order valence-electron chi connectivity index (χ0n) is 21.3. The van der Waals surface area contributed by atoms with E-state index < -0.39 is 5.97 Å². The molecule has 192 valence electrons. The molecule has 1 aromatic carbocycles. The highest BCUT2D eigenvalue weighted by Crippen LogP contribution is 2.55. The number of pyridine rings is 1. The van der Waals surface area contributed by atoms with E-state index in [1.54, 1.807) is 17.6 Å². The lowest BCUT2D eigenvalue weighted by Gasteiger charge is -2.21. The summed E-state index contributed by atoms with van der Waals surface area (Å²) in [6, 6.07) is 16.7. The summed E-state index contributed by atoms with van der Waals surface area (Å²) in [7, 11) is 2.02. The summed E-state index contributed by atoms with van der Waals surface area (Å²) in [5, 5.41) is 5.58. The molecule has 5 aromatic rings. The predicted molar refractivity (Wildman–Crippen MR) is 143 cm³/mol. The Hall–Kier alpha value is -4.24. The van der Waals surface area contributed by atoms with E-state index in [0.717, 1.165) is 41.3 Å². The Morgan fingerprint density at radius 1 is 1.13 bits per heavy atom. The average Bonchev–Trinajstić information content (AvgIpc) is 3.35. The largest absolute Gasteiger partial charge is 0.462 e. The molecule has 9 heteroatoms. The van der Waals surface area contributed by atoms with Gasteiger partial charge < -0.3 is 18.9 Å². The van der Waals surface area contributed by atoms with Crippen LogP contribution in [-0.2, 0) is 16.0 Å². The van der Waals surface area contributed by atoms with Crippen molar-refractivity contribution >= 4 is 28.5 Å². The quantitative estimate of drug-likeness (QED) is 0.302. The molecule has 0 radical (unpaired) electrons. The third-order valence-corrected chi connectivity index (χ3v) is 7.70. The van der Waals surface area contributed by atoms with Gasteiger partial charge in [-0.05, 0) is 24.6 Å². The number of hydrogen-bond donors (Lipinski definition) is 0. The van der Waals surface area contributed by atoms with Gasteiger partial charge in [0.15, 0.2) is 5.65 Å². The minimum atomic E-state index is -0.432. The van der Waals surface area contributed by atoms with E-state index in [-0.39, 0.29) is 6.61 Å². The van der Waals surface area contributed by atoms with Crippen LogP contribution in [0.2, 0.25) is 0 Å². The van der Waals surface area contributed by atoms with Crippen LogP contribution in [0.5, 0.6) is 0 Å². The van der Waals surface area contributed by atoms with Gasteiger partial charge in [-0.15, -0.1) is 0 Å². The van der Waals surface area contributed by atoms with Crippen LogP contribution in [0.25, 0.3) is 27.9 Å². The standard InChI is InChI=1S/C29H28N6O3/c1-3-38-29(36)20-13-31-35-25(33(2)14-18-8-5-4-6-9-18)12-24(32-28(20)35)21-15-34(26-22-16-37-17-23(22)26)27-19(21)10-7-11-30-27/h4-13,15,22-23,26H,3,14,16-17H2,1-2H3/t22-,23+,26+. The fourth-order valence-electron chi connectivity index (χ4n) is 5.78. The third kappa shape index (κ3) is 3.65. The van der Waals surface area contributed by atoms with Gasteiger partial charge in [0.2, 0.25) is 0 Å². The Balaban J connectivity index is 1.39. The molecule has 1 aliphatic carbocycles. The first-order chi connectivity index (χ1) is 18.6. The molecule has 2 fully saturated rings. The number of fused-ring (bicyclic) bond motifs is 3. The van der Waals surface area contributed by atoms with Gasteiger partial charge in [0.25, 0.3) is 0 Å². The van der Waals surface area contributed by atoms with E-state index in [1.165, 1.54) is 5.56 Å². The monoisotopic (exact) mass is 508 g/mol. The molecule has 0 N–H and O–H groups in total. The molecule has 1 saturated heterocycles. The summed E-state index contributed by atoms with van der Waals surface area (Å²) < 4.78 is 15.0. The lowest BCUT2D eigenvalue weighted by atomic mass is 10.1. The van der Waals surface area contributed by atoms with Crippen LogP contribution in [0.3, 0.4) is 0 Å².